The second-order valence-electron chi connectivity index (χ2n) is 10.9. The van der Waals surface area contributed by atoms with E-state index in [-0.39, 0.29) is 29.7 Å². The fourth-order valence-corrected chi connectivity index (χ4v) is 4.94. The van der Waals surface area contributed by atoms with Crippen molar-refractivity contribution in [3.8, 4) is 0 Å². The van der Waals surface area contributed by atoms with Crippen molar-refractivity contribution >= 4 is 52.1 Å². The molecule has 12 heteroatoms. The van der Waals surface area contributed by atoms with Gasteiger partial charge in [0.25, 0.3) is 0 Å². The molecule has 0 unspecified atom stereocenters. The van der Waals surface area contributed by atoms with E-state index in [4.69, 9.17) is 0 Å². The number of aromatic nitrogens is 3. The highest BCUT2D eigenvalue weighted by Crippen LogP contribution is 2.36. The molecule has 1 fully saturated rings. The van der Waals surface area contributed by atoms with Gasteiger partial charge in [-0.2, -0.15) is 13.2 Å². The maximum atomic E-state index is 16.1. The van der Waals surface area contributed by atoms with Crippen molar-refractivity contribution in [3.05, 3.63) is 72.3 Å². The second-order valence-corrected chi connectivity index (χ2v) is 10.9. The number of fused-ring (bicyclic) bond motifs is 1. The van der Waals surface area contributed by atoms with Crippen LogP contribution in [0, 0.1) is 5.82 Å². The van der Waals surface area contributed by atoms with Gasteiger partial charge in [0.15, 0.2) is 11.6 Å². The van der Waals surface area contributed by atoms with Crippen molar-refractivity contribution in [1.82, 2.24) is 20.3 Å². The van der Waals surface area contributed by atoms with Crippen LogP contribution in [0.4, 0.5) is 46.4 Å². The molecule has 218 valence electrons. The Morgan fingerprint density at radius 1 is 0.878 bits per heavy atom. The third kappa shape index (κ3) is 7.34. The van der Waals surface area contributed by atoms with Gasteiger partial charge in [-0.1, -0.05) is 24.3 Å². The zero-order valence-corrected chi connectivity index (χ0v) is 23.7. The number of pyridine rings is 1. The average molecular weight is 590 g/mol. The summed E-state index contributed by atoms with van der Waals surface area (Å²) in [5, 5.41) is 10.2. The summed E-state index contributed by atoms with van der Waals surface area (Å²) in [4.78, 5) is 14.0. The molecule has 5 rings (SSSR count). The lowest BCUT2D eigenvalue weighted by atomic mass is 9.99. The molecule has 3 N–H and O–H groups in total. The minimum Gasteiger partial charge on any atom is -0.368 e. The van der Waals surface area contributed by atoms with Crippen molar-refractivity contribution in [2.75, 3.05) is 28.6 Å². The molecule has 4 aromatic rings. The van der Waals surface area contributed by atoms with Crippen molar-refractivity contribution in [2.45, 2.75) is 51.4 Å². The number of hydrogen-bond acceptors (Lipinski definition) is 7. The number of anilines is 5. The largest absolute Gasteiger partial charge is 0.433 e. The predicted molar refractivity (Wildman–Crippen MR) is 157 cm³/mol. The quantitative estimate of drug-likeness (QED) is 0.202. The van der Waals surface area contributed by atoms with Crippen LogP contribution in [-0.2, 0) is 6.18 Å². The second kappa shape index (κ2) is 12.0. The summed E-state index contributed by atoms with van der Waals surface area (Å²) < 4.78 is 55.2. The fraction of sp³-hybridized carbons (Fsp3) is 0.345. The van der Waals surface area contributed by atoms with Gasteiger partial charge >= 0.3 is 6.18 Å². The molecule has 0 amide bonds. The van der Waals surface area contributed by atoms with Gasteiger partial charge in [0.2, 0.25) is 5.95 Å². The first-order valence-electron chi connectivity index (χ1n) is 13.1. The number of piperidine rings is 1. The molecule has 1 aliphatic heterocycles. The summed E-state index contributed by atoms with van der Waals surface area (Å²) in [7, 11) is 0. The number of para-hydroxylation sites is 1. The van der Waals surface area contributed by atoms with Gasteiger partial charge in [-0.3, -0.25) is 0 Å². The molecule has 7 nitrogen and oxygen atoms in total. The van der Waals surface area contributed by atoms with Crippen LogP contribution in [0.5, 0.6) is 0 Å². The standard InChI is InChI=1S/C29H31F4N7.ClH/c1-28(2,3)39-18-12-15-40(16-13-18)25-21-9-4-5-10-22(21)37-26(24(25)30)35-19-7-6-8-20(17-19)36-27-34-14-11-23(38-27)29(31,32)33;/h4-11,14,17-18,39H,12-13,15-16H2,1-3H3,(H,35,37)(H,34,36,38);1H. The molecule has 1 saturated heterocycles. The SMILES string of the molecule is CC(C)(C)NC1CCN(c2c(F)c(Nc3cccc(Nc4nccc(C(F)(F)F)n4)c3)nc3ccccc23)CC1.Cl. The minimum atomic E-state index is -4.59. The van der Waals surface area contributed by atoms with Crippen molar-refractivity contribution in [1.29, 1.82) is 0 Å². The lowest BCUT2D eigenvalue weighted by Gasteiger charge is -2.38. The van der Waals surface area contributed by atoms with Gasteiger partial charge in [0.1, 0.15) is 5.69 Å². The van der Waals surface area contributed by atoms with Gasteiger partial charge < -0.3 is 20.9 Å². The van der Waals surface area contributed by atoms with Crippen molar-refractivity contribution in [2.24, 2.45) is 0 Å². The smallest absolute Gasteiger partial charge is 0.368 e. The maximum absolute atomic E-state index is 16.1. The monoisotopic (exact) mass is 589 g/mol. The van der Waals surface area contributed by atoms with Crippen LogP contribution in [0.2, 0.25) is 0 Å². The molecule has 0 saturated carbocycles. The Hall–Kier alpha value is -3.70. The molecule has 0 bridgehead atoms. The molecule has 0 atom stereocenters. The molecular weight excluding hydrogens is 558 g/mol. The van der Waals surface area contributed by atoms with Gasteiger partial charge in [0.05, 0.1) is 11.2 Å². The van der Waals surface area contributed by atoms with Crippen LogP contribution < -0.4 is 20.9 Å². The molecular formula is C29H32ClF4N7. The van der Waals surface area contributed by atoms with Crippen LogP contribution in [0.3, 0.4) is 0 Å². The number of halogens is 5. The lowest BCUT2D eigenvalue weighted by Crippen LogP contribution is -2.49. The first-order chi connectivity index (χ1) is 19.0. The van der Waals surface area contributed by atoms with E-state index in [0.717, 1.165) is 30.5 Å². The fourth-order valence-electron chi connectivity index (χ4n) is 4.94. The van der Waals surface area contributed by atoms with E-state index < -0.39 is 17.7 Å². The number of rotatable bonds is 6. The van der Waals surface area contributed by atoms with E-state index in [1.807, 2.05) is 24.3 Å². The van der Waals surface area contributed by atoms with Crippen LogP contribution in [0.25, 0.3) is 10.9 Å². The highest BCUT2D eigenvalue weighted by atomic mass is 35.5. The molecule has 2 aromatic heterocycles. The van der Waals surface area contributed by atoms with E-state index in [9.17, 15) is 13.2 Å². The van der Waals surface area contributed by atoms with Gasteiger partial charge in [-0.15, -0.1) is 12.4 Å². The highest BCUT2D eigenvalue weighted by molar-refractivity contribution is 5.94. The van der Waals surface area contributed by atoms with Crippen molar-refractivity contribution < 1.29 is 17.6 Å². The third-order valence-corrected chi connectivity index (χ3v) is 6.58. The Morgan fingerprint density at radius 2 is 1.56 bits per heavy atom. The molecule has 0 radical (unpaired) electrons. The summed E-state index contributed by atoms with van der Waals surface area (Å²) in [6, 6.07) is 15.3. The first-order valence-corrected chi connectivity index (χ1v) is 13.1. The normalized spacial score (nSPS) is 14.6. The number of alkyl halides is 3. The Kier molecular flexibility index (Phi) is 8.89. The van der Waals surface area contributed by atoms with E-state index >= 15 is 4.39 Å². The van der Waals surface area contributed by atoms with Crippen LogP contribution >= 0.6 is 12.4 Å². The Morgan fingerprint density at radius 3 is 2.24 bits per heavy atom. The predicted octanol–water partition coefficient (Wildman–Crippen LogP) is 7.45. The van der Waals surface area contributed by atoms with E-state index in [0.29, 0.717) is 41.7 Å². The molecule has 41 heavy (non-hydrogen) atoms. The lowest BCUT2D eigenvalue weighted by molar-refractivity contribution is -0.141. The zero-order chi connectivity index (χ0) is 28.5. The van der Waals surface area contributed by atoms with Gasteiger partial charge in [-0.25, -0.2) is 19.3 Å². The Bertz CT molecular complexity index is 1500. The third-order valence-electron chi connectivity index (χ3n) is 6.58. The average Bonchev–Trinajstić information content (AvgIpc) is 2.89. The summed E-state index contributed by atoms with van der Waals surface area (Å²) in [5.41, 5.74) is 1.05. The Balaban J connectivity index is 0.00000387. The summed E-state index contributed by atoms with van der Waals surface area (Å²) in [6.07, 6.45) is -1.76. The van der Waals surface area contributed by atoms with Crippen molar-refractivity contribution in [3.63, 3.8) is 0 Å². The molecule has 3 heterocycles. The molecule has 0 aliphatic carbocycles. The number of nitrogens with one attached hydrogen (secondary N) is 3. The Labute approximate surface area is 242 Å². The van der Waals surface area contributed by atoms with Crippen LogP contribution in [0.1, 0.15) is 39.3 Å². The van der Waals surface area contributed by atoms with Crippen LogP contribution in [0.15, 0.2) is 60.8 Å². The minimum absolute atomic E-state index is 0. The number of benzene rings is 2. The number of hydrogen-bond donors (Lipinski definition) is 3. The van der Waals surface area contributed by atoms with E-state index in [2.05, 4.69) is 56.6 Å². The summed E-state index contributed by atoms with van der Waals surface area (Å²) in [5.74, 6) is -0.592. The topological polar surface area (TPSA) is 78.0 Å². The molecule has 2 aromatic carbocycles. The van der Waals surface area contributed by atoms with E-state index in [1.165, 1.54) is 0 Å². The summed E-state index contributed by atoms with van der Waals surface area (Å²) >= 11 is 0. The number of nitrogens with zero attached hydrogens (tertiary/aromatic N) is 4. The molecule has 0 spiro atoms. The van der Waals surface area contributed by atoms with Gasteiger partial charge in [-0.05, 0) is 63.9 Å². The van der Waals surface area contributed by atoms with Gasteiger partial charge in [0, 0.05) is 47.6 Å². The summed E-state index contributed by atoms with van der Waals surface area (Å²) in [6.45, 7) is 7.84. The maximum Gasteiger partial charge on any atom is 0.433 e. The zero-order valence-electron chi connectivity index (χ0n) is 22.9. The highest BCUT2D eigenvalue weighted by Gasteiger charge is 2.33. The molecule has 1 aliphatic rings. The first kappa shape index (κ1) is 30.3. The van der Waals surface area contributed by atoms with E-state index in [1.54, 1.807) is 24.3 Å². The van der Waals surface area contributed by atoms with Crippen LogP contribution in [-0.4, -0.2) is 39.6 Å².